The lowest BCUT2D eigenvalue weighted by Crippen LogP contribution is -2.18. The van der Waals surface area contributed by atoms with Crippen LogP contribution in [0.25, 0.3) is 22.3 Å². The maximum Gasteiger partial charge on any atom is 0.337 e. The zero-order valence-corrected chi connectivity index (χ0v) is 18.0. The summed E-state index contributed by atoms with van der Waals surface area (Å²) in [4.78, 5) is 14.2. The molecule has 0 radical (unpaired) electrons. The predicted octanol–water partition coefficient (Wildman–Crippen LogP) is 6.34. The molecule has 0 aliphatic carbocycles. The number of likely N-dealkylation sites (tertiary alicyclic amines) is 1. The highest BCUT2D eigenvalue weighted by molar-refractivity contribution is 5.96. The van der Waals surface area contributed by atoms with Crippen LogP contribution in [0.5, 0.6) is 0 Å². The Balaban J connectivity index is 1.61. The smallest absolute Gasteiger partial charge is 0.337 e. The Morgan fingerprint density at radius 2 is 1.61 bits per heavy atom. The van der Waals surface area contributed by atoms with Crippen molar-refractivity contribution in [1.82, 2.24) is 4.90 Å². The lowest BCUT2D eigenvalue weighted by molar-refractivity contribution is 0.0697. The minimum absolute atomic E-state index is 0.166. The molecule has 1 N–H and O–H groups in total. The molecule has 31 heavy (non-hydrogen) atoms. The average molecular weight is 414 g/mol. The third-order valence-corrected chi connectivity index (χ3v) is 5.81. The maximum absolute atomic E-state index is 11.7. The predicted molar refractivity (Wildman–Crippen MR) is 124 cm³/mol. The minimum Gasteiger partial charge on any atom is -0.478 e. The van der Waals surface area contributed by atoms with E-state index in [1.165, 1.54) is 44.1 Å². The fourth-order valence-corrected chi connectivity index (χ4v) is 4.25. The van der Waals surface area contributed by atoms with Gasteiger partial charge in [0.2, 0.25) is 0 Å². The first-order valence-corrected chi connectivity index (χ1v) is 10.6. The molecule has 0 saturated carbocycles. The summed E-state index contributed by atoms with van der Waals surface area (Å²) in [6.07, 6.45) is 2.60. The van der Waals surface area contributed by atoms with Crippen LogP contribution in [0.15, 0.2) is 70.9 Å². The number of hydrogen-bond donors (Lipinski definition) is 1. The number of carboxylic acids is 1. The van der Waals surface area contributed by atoms with Crippen LogP contribution >= 0.6 is 0 Å². The van der Waals surface area contributed by atoms with E-state index in [9.17, 15) is 9.90 Å². The van der Waals surface area contributed by atoms with E-state index in [-0.39, 0.29) is 5.56 Å². The van der Waals surface area contributed by atoms with Gasteiger partial charge in [0.05, 0.1) is 5.56 Å². The van der Waals surface area contributed by atoms with Crippen molar-refractivity contribution in [2.45, 2.75) is 26.3 Å². The van der Waals surface area contributed by atoms with E-state index in [0.717, 1.165) is 28.8 Å². The van der Waals surface area contributed by atoms with Gasteiger partial charge in [-0.2, -0.15) is 10.2 Å². The van der Waals surface area contributed by atoms with Crippen molar-refractivity contribution in [2.24, 2.45) is 10.2 Å². The first-order chi connectivity index (χ1) is 15.0. The van der Waals surface area contributed by atoms with Gasteiger partial charge in [-0.15, -0.1) is 0 Å². The monoisotopic (exact) mass is 413 g/mol. The van der Waals surface area contributed by atoms with Gasteiger partial charge in [-0.1, -0.05) is 42.5 Å². The molecule has 0 atom stereocenters. The Morgan fingerprint density at radius 1 is 0.935 bits per heavy atom. The highest BCUT2D eigenvalue weighted by atomic mass is 16.4. The molecule has 1 aliphatic rings. The first-order valence-electron chi connectivity index (χ1n) is 10.6. The molecule has 1 saturated heterocycles. The summed E-state index contributed by atoms with van der Waals surface area (Å²) in [7, 11) is 1.54. The van der Waals surface area contributed by atoms with E-state index in [1.54, 1.807) is 6.07 Å². The summed E-state index contributed by atoms with van der Waals surface area (Å²) in [5.74, 6) is -1.00. The number of azo groups is 1. The van der Waals surface area contributed by atoms with Gasteiger partial charge >= 0.3 is 5.97 Å². The molecule has 0 bridgehead atoms. The second kappa shape index (κ2) is 9.23. The maximum atomic E-state index is 11.7. The van der Waals surface area contributed by atoms with Crippen LogP contribution in [0.3, 0.4) is 0 Å². The molecule has 0 spiro atoms. The second-order valence-electron chi connectivity index (χ2n) is 8.06. The zero-order valence-electron chi connectivity index (χ0n) is 18.0. The standard InChI is InChI=1S/C26H27N3O2/c1-18-14-23(16-24(26(30)31)25(18)28-27-2)21-10-8-20(9-11-21)22-7-5-6-19(15-22)17-29-12-3-4-13-29/h5-11,14-16H,3-4,12-13,17H2,1-2H3,(H,30,31)/b28-27-. The van der Waals surface area contributed by atoms with Crippen molar-refractivity contribution in [1.29, 1.82) is 0 Å². The lowest BCUT2D eigenvalue weighted by Gasteiger charge is -2.15. The highest BCUT2D eigenvalue weighted by Gasteiger charge is 2.15. The van der Waals surface area contributed by atoms with Gasteiger partial charge in [0.25, 0.3) is 0 Å². The molecule has 1 heterocycles. The summed E-state index contributed by atoms with van der Waals surface area (Å²) in [5, 5.41) is 17.4. The van der Waals surface area contributed by atoms with Crippen molar-refractivity contribution in [2.75, 3.05) is 20.1 Å². The Kier molecular flexibility index (Phi) is 6.23. The summed E-state index contributed by atoms with van der Waals surface area (Å²) in [5.41, 5.74) is 6.89. The third kappa shape index (κ3) is 4.72. The molecule has 5 heteroatoms. The molecule has 5 nitrogen and oxygen atoms in total. The lowest BCUT2D eigenvalue weighted by atomic mass is 9.96. The van der Waals surface area contributed by atoms with Crippen molar-refractivity contribution in [3.8, 4) is 22.3 Å². The molecule has 4 rings (SSSR count). The SMILES string of the molecule is C/N=N\c1c(C)cc(-c2ccc(-c3cccc(CN4CCCC4)c3)cc2)cc1C(=O)O. The summed E-state index contributed by atoms with van der Waals surface area (Å²) < 4.78 is 0. The number of aryl methyl sites for hydroxylation is 1. The van der Waals surface area contributed by atoms with Crippen LogP contribution in [-0.4, -0.2) is 36.1 Å². The summed E-state index contributed by atoms with van der Waals surface area (Å²) in [6, 6.07) is 20.6. The third-order valence-electron chi connectivity index (χ3n) is 5.81. The van der Waals surface area contributed by atoms with Crippen LogP contribution in [0.1, 0.15) is 34.3 Å². The van der Waals surface area contributed by atoms with Gasteiger partial charge in [-0.05, 0) is 84.4 Å². The van der Waals surface area contributed by atoms with E-state index in [0.29, 0.717) is 5.69 Å². The number of aromatic carboxylic acids is 1. The van der Waals surface area contributed by atoms with Gasteiger partial charge in [0.15, 0.2) is 0 Å². The Bertz CT molecular complexity index is 1110. The fourth-order valence-electron chi connectivity index (χ4n) is 4.25. The number of carbonyl (C=O) groups is 1. The van der Waals surface area contributed by atoms with E-state index in [1.807, 2.05) is 25.1 Å². The highest BCUT2D eigenvalue weighted by Crippen LogP contribution is 2.32. The zero-order chi connectivity index (χ0) is 21.8. The van der Waals surface area contributed by atoms with Gasteiger partial charge in [0.1, 0.15) is 5.69 Å². The number of rotatable bonds is 6. The molecule has 158 valence electrons. The van der Waals surface area contributed by atoms with Gasteiger partial charge in [-0.3, -0.25) is 4.90 Å². The molecule has 0 unspecified atom stereocenters. The molecular formula is C26H27N3O2. The average Bonchev–Trinajstić information content (AvgIpc) is 3.28. The van der Waals surface area contributed by atoms with Crippen LogP contribution < -0.4 is 0 Å². The minimum atomic E-state index is -1.00. The molecule has 3 aromatic carbocycles. The first kappa shape index (κ1) is 20.9. The Morgan fingerprint density at radius 3 is 2.26 bits per heavy atom. The van der Waals surface area contributed by atoms with E-state index < -0.39 is 5.97 Å². The molecule has 1 fully saturated rings. The largest absolute Gasteiger partial charge is 0.478 e. The fraction of sp³-hybridized carbons (Fsp3) is 0.269. The van der Waals surface area contributed by atoms with Gasteiger partial charge in [-0.25, -0.2) is 4.79 Å². The molecule has 0 amide bonds. The normalized spacial score (nSPS) is 14.4. The van der Waals surface area contributed by atoms with E-state index in [2.05, 4.69) is 51.5 Å². The van der Waals surface area contributed by atoms with Gasteiger partial charge in [0, 0.05) is 13.6 Å². The van der Waals surface area contributed by atoms with E-state index >= 15 is 0 Å². The van der Waals surface area contributed by atoms with Crippen molar-refractivity contribution >= 4 is 11.7 Å². The molecule has 1 aliphatic heterocycles. The Hall–Kier alpha value is -3.31. The molecule has 0 aromatic heterocycles. The topological polar surface area (TPSA) is 65.3 Å². The number of benzene rings is 3. The molecular weight excluding hydrogens is 386 g/mol. The molecule has 3 aromatic rings. The number of carboxylic acid groups (broad SMARTS) is 1. The van der Waals surface area contributed by atoms with Crippen LogP contribution in [0.2, 0.25) is 0 Å². The quantitative estimate of drug-likeness (QED) is 0.480. The van der Waals surface area contributed by atoms with Crippen molar-refractivity contribution in [3.63, 3.8) is 0 Å². The number of nitrogens with zero attached hydrogens (tertiary/aromatic N) is 3. The van der Waals surface area contributed by atoms with E-state index in [4.69, 9.17) is 0 Å². The van der Waals surface area contributed by atoms with Crippen LogP contribution in [0, 0.1) is 6.92 Å². The van der Waals surface area contributed by atoms with Crippen LogP contribution in [0.4, 0.5) is 5.69 Å². The van der Waals surface area contributed by atoms with Crippen LogP contribution in [-0.2, 0) is 6.54 Å². The second-order valence-corrected chi connectivity index (χ2v) is 8.06. The van der Waals surface area contributed by atoms with Gasteiger partial charge < -0.3 is 5.11 Å². The summed E-state index contributed by atoms with van der Waals surface area (Å²) in [6.45, 7) is 5.25. The van der Waals surface area contributed by atoms with Crippen molar-refractivity contribution in [3.05, 3.63) is 77.4 Å². The van der Waals surface area contributed by atoms with Crippen molar-refractivity contribution < 1.29 is 9.90 Å². The number of hydrogen-bond acceptors (Lipinski definition) is 4. The Labute approximate surface area is 183 Å². The summed E-state index contributed by atoms with van der Waals surface area (Å²) >= 11 is 0.